The molecular formula is C24H30O8. The van der Waals surface area contributed by atoms with E-state index >= 15 is 0 Å². The molecule has 32 heavy (non-hydrogen) atoms. The van der Waals surface area contributed by atoms with Crippen molar-refractivity contribution in [1.29, 1.82) is 0 Å². The van der Waals surface area contributed by atoms with Crippen molar-refractivity contribution >= 4 is 29.5 Å². The molecule has 0 aromatic carbocycles. The smallest absolute Gasteiger partial charge is 0.324 e. The highest BCUT2D eigenvalue weighted by Gasteiger charge is 2.54. The van der Waals surface area contributed by atoms with Gasteiger partial charge in [-0.3, -0.25) is 24.0 Å². The Hall–Kier alpha value is -3.03. The van der Waals surface area contributed by atoms with Crippen LogP contribution < -0.4 is 0 Å². The molecule has 0 unspecified atom stereocenters. The highest BCUT2D eigenvalue weighted by Crippen LogP contribution is 2.45. The van der Waals surface area contributed by atoms with Gasteiger partial charge in [-0.05, 0) is 38.2 Å². The van der Waals surface area contributed by atoms with Crippen LogP contribution in [0.5, 0.6) is 0 Å². The van der Waals surface area contributed by atoms with Crippen LogP contribution in [0.1, 0.15) is 51.9 Å². The second-order valence-corrected chi connectivity index (χ2v) is 8.19. The summed E-state index contributed by atoms with van der Waals surface area (Å²) in [6.45, 7) is 1.70. The molecule has 2 aliphatic carbocycles. The van der Waals surface area contributed by atoms with Gasteiger partial charge in [0.25, 0.3) is 0 Å². The zero-order valence-corrected chi connectivity index (χ0v) is 19.0. The molecule has 8 nitrogen and oxygen atoms in total. The van der Waals surface area contributed by atoms with Crippen LogP contribution >= 0.6 is 0 Å². The molecule has 0 N–H and O–H groups in total. The van der Waals surface area contributed by atoms with E-state index in [4.69, 9.17) is 14.2 Å². The van der Waals surface area contributed by atoms with Gasteiger partial charge in [0.15, 0.2) is 16.6 Å². The van der Waals surface area contributed by atoms with Gasteiger partial charge in [0.1, 0.15) is 5.78 Å². The van der Waals surface area contributed by atoms with E-state index in [0.717, 1.165) is 0 Å². The van der Waals surface area contributed by atoms with Crippen LogP contribution in [0.15, 0.2) is 35.5 Å². The fraction of sp³-hybridized carbons (Fsp3) is 0.542. The lowest BCUT2D eigenvalue weighted by Gasteiger charge is -2.27. The van der Waals surface area contributed by atoms with Gasteiger partial charge in [-0.2, -0.15) is 0 Å². The normalized spacial score (nSPS) is 28.1. The molecule has 0 aromatic rings. The topological polar surface area (TPSA) is 113 Å². The molecule has 0 amide bonds. The molecule has 2 aliphatic rings. The van der Waals surface area contributed by atoms with Crippen molar-refractivity contribution < 1.29 is 38.2 Å². The van der Waals surface area contributed by atoms with E-state index in [1.807, 2.05) is 0 Å². The number of hydrogen-bond acceptors (Lipinski definition) is 8. The number of allylic oxidation sites excluding steroid dienone is 5. The van der Waals surface area contributed by atoms with Crippen LogP contribution in [-0.4, -0.2) is 50.8 Å². The Balaban J connectivity index is 2.54. The SMILES string of the molecule is COC(=O)C1(C(=O)OC)C/C=C(/C)CC(=O)C[C@]2(C(=O)OC)C(=O)CC/C2=C/C=C\CC1. The van der Waals surface area contributed by atoms with Gasteiger partial charge >= 0.3 is 17.9 Å². The van der Waals surface area contributed by atoms with Gasteiger partial charge in [0.05, 0.1) is 21.3 Å². The number of fused-ring (bicyclic) bond motifs is 1. The zero-order valence-electron chi connectivity index (χ0n) is 19.0. The van der Waals surface area contributed by atoms with Crippen molar-refractivity contribution in [2.24, 2.45) is 10.8 Å². The molecule has 0 heterocycles. The molecule has 8 heteroatoms. The first-order valence-corrected chi connectivity index (χ1v) is 10.5. The number of ether oxygens (including phenoxy) is 3. The Bertz CT molecular complexity index is 876. The van der Waals surface area contributed by atoms with E-state index < -0.39 is 28.7 Å². The summed E-state index contributed by atoms with van der Waals surface area (Å²) in [5.74, 6) is -2.76. The lowest BCUT2D eigenvalue weighted by Crippen LogP contribution is -2.41. The fourth-order valence-corrected chi connectivity index (χ4v) is 4.43. The third-order valence-electron chi connectivity index (χ3n) is 6.24. The third-order valence-corrected chi connectivity index (χ3v) is 6.24. The minimum Gasteiger partial charge on any atom is -0.468 e. The number of hydrogen-bond donors (Lipinski definition) is 0. The first kappa shape index (κ1) is 25.2. The maximum atomic E-state index is 12.9. The molecule has 0 aromatic heterocycles. The number of rotatable bonds is 3. The second-order valence-electron chi connectivity index (χ2n) is 8.19. The van der Waals surface area contributed by atoms with E-state index in [1.54, 1.807) is 31.2 Å². The average Bonchev–Trinajstić information content (AvgIpc) is 3.09. The summed E-state index contributed by atoms with van der Waals surface area (Å²) in [5.41, 5.74) is -1.99. The number of carbonyl (C=O) groups excluding carboxylic acids is 5. The minimum absolute atomic E-state index is 0.00145. The maximum Gasteiger partial charge on any atom is 0.324 e. The molecule has 0 spiro atoms. The van der Waals surface area contributed by atoms with Gasteiger partial charge in [-0.15, -0.1) is 0 Å². The first-order valence-electron chi connectivity index (χ1n) is 10.5. The molecule has 0 saturated heterocycles. The Morgan fingerprint density at radius 2 is 1.56 bits per heavy atom. The van der Waals surface area contributed by atoms with E-state index in [2.05, 4.69) is 0 Å². The highest BCUT2D eigenvalue weighted by atomic mass is 16.5. The lowest BCUT2D eigenvalue weighted by molar-refractivity contribution is -0.169. The Kier molecular flexibility index (Phi) is 8.30. The highest BCUT2D eigenvalue weighted by molar-refractivity contribution is 6.12. The Labute approximate surface area is 187 Å². The Morgan fingerprint density at radius 3 is 2.16 bits per heavy atom. The van der Waals surface area contributed by atoms with Crippen molar-refractivity contribution in [2.45, 2.75) is 51.9 Å². The van der Waals surface area contributed by atoms with E-state index in [1.165, 1.54) is 21.3 Å². The van der Waals surface area contributed by atoms with Crippen molar-refractivity contribution in [3.05, 3.63) is 35.5 Å². The van der Waals surface area contributed by atoms with E-state index in [-0.39, 0.29) is 43.7 Å². The summed E-state index contributed by atoms with van der Waals surface area (Å²) in [4.78, 5) is 63.5. The average molecular weight is 446 g/mol. The molecule has 174 valence electrons. The van der Waals surface area contributed by atoms with Crippen molar-refractivity contribution in [3.8, 4) is 0 Å². The van der Waals surface area contributed by atoms with Crippen LogP contribution in [-0.2, 0) is 38.2 Å². The minimum atomic E-state index is -1.59. The zero-order chi connectivity index (χ0) is 23.9. The monoisotopic (exact) mass is 446 g/mol. The predicted octanol–water partition coefficient (Wildman–Crippen LogP) is 2.80. The number of Topliss-reactive ketones (excluding diaryl/α,β-unsaturated/α-hetero) is 2. The standard InChI is InChI=1S/C24H30O8/c1-16-11-13-23(20(27)30-2,21(28)31-3)12-7-5-6-8-17-9-10-19(26)24(17,22(29)32-4)15-18(25)14-16/h5-6,8,11H,7,9-10,12-15H2,1-4H3/b6-5-,16-11-,17-8-/t24-/m1/s1. The van der Waals surface area contributed by atoms with Crippen LogP contribution in [0, 0.1) is 10.8 Å². The van der Waals surface area contributed by atoms with Crippen molar-refractivity contribution in [3.63, 3.8) is 0 Å². The van der Waals surface area contributed by atoms with E-state index in [9.17, 15) is 24.0 Å². The van der Waals surface area contributed by atoms with Crippen molar-refractivity contribution in [1.82, 2.24) is 0 Å². The first-order chi connectivity index (χ1) is 15.2. The van der Waals surface area contributed by atoms with Gasteiger partial charge in [-0.1, -0.05) is 29.9 Å². The van der Waals surface area contributed by atoms with Crippen LogP contribution in [0.4, 0.5) is 0 Å². The van der Waals surface area contributed by atoms with Crippen LogP contribution in [0.3, 0.4) is 0 Å². The van der Waals surface area contributed by atoms with Gasteiger partial charge in [-0.25, -0.2) is 0 Å². The van der Waals surface area contributed by atoms with Gasteiger partial charge in [0.2, 0.25) is 0 Å². The second kappa shape index (κ2) is 10.5. The summed E-state index contributed by atoms with van der Waals surface area (Å²) < 4.78 is 14.7. The molecule has 0 bridgehead atoms. The lowest BCUT2D eigenvalue weighted by atomic mass is 9.75. The molecule has 2 rings (SSSR count). The maximum absolute atomic E-state index is 12.9. The summed E-state index contributed by atoms with van der Waals surface area (Å²) in [5, 5.41) is 0. The number of methoxy groups -OCH3 is 3. The summed E-state index contributed by atoms with van der Waals surface area (Å²) >= 11 is 0. The van der Waals surface area contributed by atoms with Crippen LogP contribution in [0.2, 0.25) is 0 Å². The summed E-state index contributed by atoms with van der Waals surface area (Å²) in [7, 11) is 3.63. The van der Waals surface area contributed by atoms with Gasteiger partial charge < -0.3 is 14.2 Å². The molecule has 1 atom stereocenters. The molecular weight excluding hydrogens is 416 g/mol. The predicted molar refractivity (Wildman–Crippen MR) is 114 cm³/mol. The quantitative estimate of drug-likeness (QED) is 0.281. The van der Waals surface area contributed by atoms with Crippen LogP contribution in [0.25, 0.3) is 0 Å². The number of esters is 3. The van der Waals surface area contributed by atoms with Crippen molar-refractivity contribution in [2.75, 3.05) is 21.3 Å². The van der Waals surface area contributed by atoms with Gasteiger partial charge in [0, 0.05) is 19.3 Å². The van der Waals surface area contributed by atoms with E-state index in [0.29, 0.717) is 24.0 Å². The third kappa shape index (κ3) is 4.74. The fourth-order valence-electron chi connectivity index (χ4n) is 4.43. The number of carbonyl (C=O) groups is 5. The summed E-state index contributed by atoms with van der Waals surface area (Å²) in [6, 6.07) is 0. The molecule has 1 saturated carbocycles. The molecule has 1 fully saturated rings. The molecule has 0 radical (unpaired) electrons. The number of ketones is 2. The molecule has 0 aliphatic heterocycles. The largest absolute Gasteiger partial charge is 0.468 e. The summed E-state index contributed by atoms with van der Waals surface area (Å²) in [6.07, 6.45) is 7.37. The Morgan fingerprint density at radius 1 is 0.938 bits per heavy atom.